The number of nitrogens with zero attached hydrogens (tertiary/aromatic N) is 3. The SMILES string of the molecule is CC(c1ccncn1)N(C)C(=O)c1ccc(CCC(C)(C)O)cc1. The van der Waals surface area contributed by atoms with Crippen LogP contribution in [0.15, 0.2) is 42.9 Å². The van der Waals surface area contributed by atoms with E-state index in [-0.39, 0.29) is 11.9 Å². The second kappa shape index (κ2) is 7.53. The van der Waals surface area contributed by atoms with Crippen LogP contribution in [0.25, 0.3) is 0 Å². The highest BCUT2D eigenvalue weighted by Gasteiger charge is 2.20. The van der Waals surface area contributed by atoms with Crippen LogP contribution in [0, 0.1) is 0 Å². The summed E-state index contributed by atoms with van der Waals surface area (Å²) >= 11 is 0. The molecule has 1 atom stereocenters. The molecule has 0 saturated heterocycles. The number of amides is 1. The fourth-order valence-corrected chi connectivity index (χ4v) is 2.39. The third-order valence-corrected chi connectivity index (χ3v) is 4.16. The minimum absolute atomic E-state index is 0.0462. The number of aryl methyl sites for hydroxylation is 1. The van der Waals surface area contributed by atoms with Crippen molar-refractivity contribution in [2.75, 3.05) is 7.05 Å². The Bertz CT molecular complexity index is 663. The molecule has 5 nitrogen and oxygen atoms in total. The number of hydrogen-bond donors (Lipinski definition) is 1. The molecule has 0 saturated carbocycles. The molecule has 2 rings (SSSR count). The third kappa shape index (κ3) is 4.86. The van der Waals surface area contributed by atoms with Crippen molar-refractivity contribution < 1.29 is 9.90 Å². The molecule has 0 aliphatic rings. The predicted molar refractivity (Wildman–Crippen MR) is 93.6 cm³/mol. The number of hydrogen-bond acceptors (Lipinski definition) is 4. The predicted octanol–water partition coefficient (Wildman–Crippen LogP) is 3.01. The van der Waals surface area contributed by atoms with Crippen LogP contribution >= 0.6 is 0 Å². The van der Waals surface area contributed by atoms with Gasteiger partial charge in [0.25, 0.3) is 5.91 Å². The van der Waals surface area contributed by atoms with Crippen molar-refractivity contribution in [3.05, 3.63) is 59.7 Å². The summed E-state index contributed by atoms with van der Waals surface area (Å²) in [5.41, 5.74) is 1.88. The average Bonchev–Trinajstić information content (AvgIpc) is 2.58. The van der Waals surface area contributed by atoms with Crippen LogP contribution in [-0.4, -0.2) is 38.5 Å². The summed E-state index contributed by atoms with van der Waals surface area (Å²) in [5, 5.41) is 9.79. The van der Waals surface area contributed by atoms with Crippen molar-refractivity contribution in [1.29, 1.82) is 0 Å². The van der Waals surface area contributed by atoms with Gasteiger partial charge in [-0.05, 0) is 57.4 Å². The minimum atomic E-state index is -0.679. The van der Waals surface area contributed by atoms with Gasteiger partial charge in [0, 0.05) is 18.8 Å². The van der Waals surface area contributed by atoms with E-state index in [0.717, 1.165) is 17.7 Å². The van der Waals surface area contributed by atoms with E-state index in [1.165, 1.54) is 6.33 Å². The van der Waals surface area contributed by atoms with Crippen molar-refractivity contribution in [1.82, 2.24) is 14.9 Å². The topological polar surface area (TPSA) is 66.3 Å². The summed E-state index contributed by atoms with van der Waals surface area (Å²) in [5.74, 6) is -0.0462. The molecular weight excluding hydrogens is 302 g/mol. The number of aromatic nitrogens is 2. The van der Waals surface area contributed by atoms with Crippen molar-refractivity contribution in [2.24, 2.45) is 0 Å². The van der Waals surface area contributed by atoms with Crippen LogP contribution in [0.5, 0.6) is 0 Å². The first-order chi connectivity index (χ1) is 11.3. The molecule has 0 spiro atoms. The summed E-state index contributed by atoms with van der Waals surface area (Å²) in [4.78, 5) is 22.4. The van der Waals surface area contributed by atoms with Gasteiger partial charge in [-0.25, -0.2) is 9.97 Å². The number of rotatable bonds is 6. The molecular formula is C19H25N3O2. The molecule has 128 valence electrons. The summed E-state index contributed by atoms with van der Waals surface area (Å²) < 4.78 is 0. The molecule has 1 aromatic heterocycles. The summed E-state index contributed by atoms with van der Waals surface area (Å²) in [6.07, 6.45) is 4.63. The van der Waals surface area contributed by atoms with Gasteiger partial charge in [-0.2, -0.15) is 0 Å². The van der Waals surface area contributed by atoms with E-state index in [1.54, 1.807) is 32.0 Å². The van der Waals surface area contributed by atoms with Gasteiger partial charge in [0.1, 0.15) is 6.33 Å². The summed E-state index contributed by atoms with van der Waals surface area (Å²) in [6, 6.07) is 9.25. The lowest BCUT2D eigenvalue weighted by atomic mass is 9.98. The second-order valence-corrected chi connectivity index (χ2v) is 6.74. The Morgan fingerprint density at radius 1 is 1.25 bits per heavy atom. The fraction of sp³-hybridized carbons (Fsp3) is 0.421. The Morgan fingerprint density at radius 2 is 1.92 bits per heavy atom. The molecule has 1 unspecified atom stereocenters. The number of carbonyl (C=O) groups is 1. The highest BCUT2D eigenvalue weighted by molar-refractivity contribution is 5.94. The molecule has 0 aliphatic heterocycles. The van der Waals surface area contributed by atoms with Crippen LogP contribution in [0.4, 0.5) is 0 Å². The lowest BCUT2D eigenvalue weighted by Crippen LogP contribution is -2.30. The number of carbonyl (C=O) groups excluding carboxylic acids is 1. The van der Waals surface area contributed by atoms with Crippen LogP contribution < -0.4 is 0 Å². The van der Waals surface area contributed by atoms with E-state index in [9.17, 15) is 9.90 Å². The fourth-order valence-electron chi connectivity index (χ4n) is 2.39. The maximum Gasteiger partial charge on any atom is 0.254 e. The first-order valence-corrected chi connectivity index (χ1v) is 8.12. The van der Waals surface area contributed by atoms with E-state index >= 15 is 0 Å². The van der Waals surface area contributed by atoms with Gasteiger partial charge in [0.15, 0.2) is 0 Å². The Kier molecular flexibility index (Phi) is 5.67. The molecule has 0 aliphatic carbocycles. The van der Waals surface area contributed by atoms with Gasteiger partial charge < -0.3 is 10.0 Å². The van der Waals surface area contributed by atoms with Gasteiger partial charge in [-0.15, -0.1) is 0 Å². The van der Waals surface area contributed by atoms with E-state index in [1.807, 2.05) is 37.3 Å². The van der Waals surface area contributed by atoms with Crippen molar-refractivity contribution in [3.63, 3.8) is 0 Å². The Labute approximate surface area is 143 Å². The zero-order chi connectivity index (χ0) is 17.7. The standard InChI is InChI=1S/C19H25N3O2/c1-14(17-10-12-20-13-21-17)22(4)18(23)16-7-5-15(6-8-16)9-11-19(2,3)24/h5-8,10,12-14,24H,9,11H2,1-4H3. The second-order valence-electron chi connectivity index (χ2n) is 6.74. The van der Waals surface area contributed by atoms with Crippen LogP contribution in [0.1, 0.15) is 54.8 Å². The normalized spacial score (nSPS) is 12.7. The van der Waals surface area contributed by atoms with E-state index in [0.29, 0.717) is 12.0 Å². The number of benzene rings is 1. The van der Waals surface area contributed by atoms with Crippen LogP contribution in [0.3, 0.4) is 0 Å². The van der Waals surface area contributed by atoms with Crippen LogP contribution in [-0.2, 0) is 6.42 Å². The summed E-state index contributed by atoms with van der Waals surface area (Å²) in [6.45, 7) is 5.54. The Balaban J connectivity index is 2.04. The molecule has 1 heterocycles. The largest absolute Gasteiger partial charge is 0.390 e. The molecule has 1 aromatic carbocycles. The quantitative estimate of drug-likeness (QED) is 0.885. The van der Waals surface area contributed by atoms with E-state index in [4.69, 9.17) is 0 Å². The summed E-state index contributed by atoms with van der Waals surface area (Å²) in [7, 11) is 1.78. The Hall–Kier alpha value is -2.27. The van der Waals surface area contributed by atoms with Crippen molar-refractivity contribution in [3.8, 4) is 0 Å². The monoisotopic (exact) mass is 327 g/mol. The maximum absolute atomic E-state index is 12.6. The molecule has 0 bridgehead atoms. The highest BCUT2D eigenvalue weighted by atomic mass is 16.3. The lowest BCUT2D eigenvalue weighted by molar-refractivity contribution is 0.0710. The number of aliphatic hydroxyl groups is 1. The minimum Gasteiger partial charge on any atom is -0.390 e. The highest BCUT2D eigenvalue weighted by Crippen LogP contribution is 2.19. The van der Waals surface area contributed by atoms with Crippen LogP contribution in [0.2, 0.25) is 0 Å². The van der Waals surface area contributed by atoms with Gasteiger partial charge >= 0.3 is 0 Å². The maximum atomic E-state index is 12.6. The van der Waals surface area contributed by atoms with Gasteiger partial charge in [-0.3, -0.25) is 4.79 Å². The third-order valence-electron chi connectivity index (χ3n) is 4.16. The first kappa shape index (κ1) is 18.1. The van der Waals surface area contributed by atoms with Crippen molar-refractivity contribution in [2.45, 2.75) is 45.3 Å². The molecule has 2 aromatic rings. The molecule has 24 heavy (non-hydrogen) atoms. The average molecular weight is 327 g/mol. The molecule has 1 amide bonds. The molecule has 5 heteroatoms. The molecule has 0 fully saturated rings. The van der Waals surface area contributed by atoms with Gasteiger partial charge in [-0.1, -0.05) is 12.1 Å². The van der Waals surface area contributed by atoms with E-state index in [2.05, 4.69) is 9.97 Å². The van der Waals surface area contributed by atoms with Gasteiger partial charge in [0.2, 0.25) is 0 Å². The smallest absolute Gasteiger partial charge is 0.254 e. The molecule has 0 radical (unpaired) electrons. The van der Waals surface area contributed by atoms with E-state index < -0.39 is 5.60 Å². The van der Waals surface area contributed by atoms with Crippen molar-refractivity contribution >= 4 is 5.91 Å². The zero-order valence-electron chi connectivity index (χ0n) is 14.7. The Morgan fingerprint density at radius 3 is 2.46 bits per heavy atom. The zero-order valence-corrected chi connectivity index (χ0v) is 14.7. The first-order valence-electron chi connectivity index (χ1n) is 8.12. The lowest BCUT2D eigenvalue weighted by Gasteiger charge is -2.24. The molecule has 1 N–H and O–H groups in total. The van der Waals surface area contributed by atoms with Gasteiger partial charge in [0.05, 0.1) is 17.3 Å².